The molecule has 1 saturated carbocycles. The molecule has 3 heteroatoms. The topological polar surface area (TPSA) is 40.5 Å². The average molecular weight is 197 g/mol. The van der Waals surface area contributed by atoms with Gasteiger partial charge in [0.2, 0.25) is 0 Å². The maximum atomic E-state index is 10.7. The summed E-state index contributed by atoms with van der Waals surface area (Å²) in [5.74, 6) is -0.688. The molecule has 0 atom stereocenters. The second kappa shape index (κ2) is 2.96. The molecule has 2 aliphatic rings. The largest absolute Gasteiger partial charge is 0.481 e. The normalized spacial score (nSPS) is 25.6. The van der Waals surface area contributed by atoms with Gasteiger partial charge in [0.15, 0.2) is 0 Å². The zero-order chi connectivity index (χ0) is 10.4. The number of rotatable bonds is 3. The first-order valence-electron chi connectivity index (χ1n) is 5.41. The maximum absolute atomic E-state index is 10.7. The number of aliphatic carboxylic acids is 1. The van der Waals surface area contributed by atoms with E-state index in [1.54, 1.807) is 0 Å². The molecule has 2 rings (SSSR count). The van der Waals surface area contributed by atoms with Crippen molar-refractivity contribution in [3.63, 3.8) is 0 Å². The lowest BCUT2D eigenvalue weighted by atomic mass is 9.98. The summed E-state index contributed by atoms with van der Waals surface area (Å²) in [6.07, 6.45) is 4.23. The molecule has 0 bridgehead atoms. The number of carboxylic acids is 1. The minimum Gasteiger partial charge on any atom is -0.481 e. The number of likely N-dealkylation sites (tertiary alicyclic amines) is 1. The molecule has 1 aliphatic carbocycles. The van der Waals surface area contributed by atoms with E-state index < -0.39 is 5.97 Å². The lowest BCUT2D eigenvalue weighted by Crippen LogP contribution is -2.44. The van der Waals surface area contributed by atoms with Crippen LogP contribution in [0.15, 0.2) is 0 Å². The first-order chi connectivity index (χ1) is 6.44. The van der Waals surface area contributed by atoms with Crippen molar-refractivity contribution in [2.45, 2.75) is 45.1 Å². The van der Waals surface area contributed by atoms with Crippen molar-refractivity contribution >= 4 is 5.97 Å². The molecule has 1 N–H and O–H groups in total. The van der Waals surface area contributed by atoms with Gasteiger partial charge in [0.25, 0.3) is 0 Å². The van der Waals surface area contributed by atoms with E-state index in [1.807, 2.05) is 13.8 Å². The van der Waals surface area contributed by atoms with Gasteiger partial charge in [-0.1, -0.05) is 0 Å². The Labute approximate surface area is 85.1 Å². The van der Waals surface area contributed by atoms with Crippen LogP contribution in [0.1, 0.15) is 39.5 Å². The molecule has 1 aliphatic heterocycles. The fraction of sp³-hybridized carbons (Fsp3) is 0.909. The highest BCUT2D eigenvalue weighted by Crippen LogP contribution is 2.53. The summed E-state index contributed by atoms with van der Waals surface area (Å²) in [5.41, 5.74) is 0.424. The molecule has 0 unspecified atom stereocenters. The first kappa shape index (κ1) is 9.97. The molecule has 80 valence electrons. The molecule has 1 spiro atoms. The number of carbonyl (C=O) groups is 1. The zero-order valence-corrected chi connectivity index (χ0v) is 9.05. The van der Waals surface area contributed by atoms with Crippen molar-refractivity contribution in [2.75, 3.05) is 13.1 Å². The second-order valence-corrected chi connectivity index (χ2v) is 5.55. The van der Waals surface area contributed by atoms with Gasteiger partial charge in [0.1, 0.15) is 0 Å². The van der Waals surface area contributed by atoms with E-state index in [0.29, 0.717) is 5.41 Å². The van der Waals surface area contributed by atoms with Crippen molar-refractivity contribution in [3.05, 3.63) is 0 Å². The number of carboxylic acid groups (broad SMARTS) is 1. The maximum Gasteiger partial charge on any atom is 0.305 e. The number of nitrogens with zero attached hydrogens (tertiary/aromatic N) is 1. The van der Waals surface area contributed by atoms with Gasteiger partial charge in [-0.05, 0) is 45.1 Å². The van der Waals surface area contributed by atoms with Gasteiger partial charge in [0, 0.05) is 12.1 Å². The summed E-state index contributed by atoms with van der Waals surface area (Å²) in [6, 6.07) is 0. The lowest BCUT2D eigenvalue weighted by Gasteiger charge is -2.34. The fourth-order valence-corrected chi connectivity index (χ4v) is 2.52. The Morgan fingerprint density at radius 2 is 2.07 bits per heavy atom. The molecule has 3 nitrogen and oxygen atoms in total. The van der Waals surface area contributed by atoms with E-state index in [-0.39, 0.29) is 12.0 Å². The Morgan fingerprint density at radius 3 is 2.50 bits per heavy atom. The Bertz CT molecular complexity index is 256. The van der Waals surface area contributed by atoms with E-state index in [4.69, 9.17) is 5.11 Å². The van der Waals surface area contributed by atoms with Crippen LogP contribution in [0.3, 0.4) is 0 Å². The van der Waals surface area contributed by atoms with Crippen LogP contribution < -0.4 is 0 Å². The molecule has 0 radical (unpaired) electrons. The van der Waals surface area contributed by atoms with E-state index in [1.165, 1.54) is 19.3 Å². The van der Waals surface area contributed by atoms with Crippen molar-refractivity contribution in [1.82, 2.24) is 4.90 Å². The minimum absolute atomic E-state index is 0.169. The molecular formula is C11H19NO2. The number of hydrogen-bond acceptors (Lipinski definition) is 2. The smallest absolute Gasteiger partial charge is 0.305 e. The van der Waals surface area contributed by atoms with E-state index >= 15 is 0 Å². The zero-order valence-electron chi connectivity index (χ0n) is 9.05. The quantitative estimate of drug-likeness (QED) is 0.749. The predicted octanol–water partition coefficient (Wildman–Crippen LogP) is 1.73. The number of hydrogen-bond donors (Lipinski definition) is 1. The van der Waals surface area contributed by atoms with Crippen molar-refractivity contribution in [2.24, 2.45) is 5.41 Å². The molecule has 0 aromatic carbocycles. The summed E-state index contributed by atoms with van der Waals surface area (Å²) in [5, 5.41) is 8.83. The molecular weight excluding hydrogens is 178 g/mol. The van der Waals surface area contributed by atoms with Gasteiger partial charge < -0.3 is 5.11 Å². The van der Waals surface area contributed by atoms with Gasteiger partial charge in [0.05, 0.1) is 6.42 Å². The van der Waals surface area contributed by atoms with Gasteiger partial charge in [-0.3, -0.25) is 9.69 Å². The highest BCUT2D eigenvalue weighted by atomic mass is 16.4. The van der Waals surface area contributed by atoms with Gasteiger partial charge in [-0.15, -0.1) is 0 Å². The average Bonchev–Trinajstić information content (AvgIpc) is 2.57. The predicted molar refractivity (Wildman–Crippen MR) is 54.2 cm³/mol. The molecule has 1 saturated heterocycles. The van der Waals surface area contributed by atoms with Crippen LogP contribution in [0.25, 0.3) is 0 Å². The first-order valence-corrected chi connectivity index (χ1v) is 5.41. The van der Waals surface area contributed by atoms with Crippen molar-refractivity contribution in [1.29, 1.82) is 0 Å². The monoisotopic (exact) mass is 197 g/mol. The Hall–Kier alpha value is -0.570. The van der Waals surface area contributed by atoms with Crippen LogP contribution in [0.5, 0.6) is 0 Å². The summed E-state index contributed by atoms with van der Waals surface area (Å²) < 4.78 is 0. The lowest BCUT2D eigenvalue weighted by molar-refractivity contribution is -0.139. The van der Waals surface area contributed by atoms with Crippen LogP contribution in [0.2, 0.25) is 0 Å². The third kappa shape index (κ3) is 1.78. The van der Waals surface area contributed by atoms with Crippen LogP contribution in [-0.2, 0) is 4.79 Å². The third-order valence-electron chi connectivity index (χ3n) is 3.84. The molecule has 1 heterocycles. The van der Waals surface area contributed by atoms with Crippen LogP contribution in [0.4, 0.5) is 0 Å². The minimum atomic E-state index is -0.688. The Morgan fingerprint density at radius 1 is 1.43 bits per heavy atom. The standard InChI is InChI=1S/C11H19NO2/c1-10(2,7-9(13)14)12-6-5-11(8-12)3-4-11/h3-8H2,1-2H3,(H,13,14). The Balaban J connectivity index is 1.97. The Kier molecular flexibility index (Phi) is 2.11. The third-order valence-corrected chi connectivity index (χ3v) is 3.84. The SMILES string of the molecule is CC(C)(CC(=O)O)N1CCC2(CC2)C1. The van der Waals surface area contributed by atoms with E-state index in [9.17, 15) is 4.79 Å². The fourth-order valence-electron chi connectivity index (χ4n) is 2.52. The molecule has 0 aromatic heterocycles. The molecule has 0 amide bonds. The van der Waals surface area contributed by atoms with Crippen LogP contribution in [0, 0.1) is 5.41 Å². The van der Waals surface area contributed by atoms with Gasteiger partial charge >= 0.3 is 5.97 Å². The van der Waals surface area contributed by atoms with Crippen LogP contribution in [-0.4, -0.2) is 34.6 Å². The van der Waals surface area contributed by atoms with Gasteiger partial charge in [-0.25, -0.2) is 0 Å². The highest BCUT2D eigenvalue weighted by Gasteiger charge is 2.50. The van der Waals surface area contributed by atoms with Crippen molar-refractivity contribution in [3.8, 4) is 0 Å². The molecule has 0 aromatic rings. The second-order valence-electron chi connectivity index (χ2n) is 5.55. The summed E-state index contributed by atoms with van der Waals surface area (Å²) in [4.78, 5) is 13.1. The summed E-state index contributed by atoms with van der Waals surface area (Å²) >= 11 is 0. The summed E-state index contributed by atoms with van der Waals surface area (Å²) in [7, 11) is 0. The molecule has 2 fully saturated rings. The molecule has 14 heavy (non-hydrogen) atoms. The van der Waals surface area contributed by atoms with Gasteiger partial charge in [-0.2, -0.15) is 0 Å². The van der Waals surface area contributed by atoms with E-state index in [2.05, 4.69) is 4.90 Å². The van der Waals surface area contributed by atoms with E-state index in [0.717, 1.165) is 13.1 Å². The summed E-state index contributed by atoms with van der Waals surface area (Å²) in [6.45, 7) is 6.29. The highest BCUT2D eigenvalue weighted by molar-refractivity contribution is 5.68. The van der Waals surface area contributed by atoms with Crippen LogP contribution >= 0.6 is 0 Å². The van der Waals surface area contributed by atoms with Crippen molar-refractivity contribution < 1.29 is 9.90 Å².